The Morgan fingerprint density at radius 1 is 1.10 bits per heavy atom. The number of aryl methyl sites for hydroxylation is 2. The number of hydrogen-bond donors (Lipinski definition) is 1. The number of nitrogens with zero attached hydrogens (tertiary/aromatic N) is 3. The van der Waals surface area contributed by atoms with Gasteiger partial charge in [0, 0.05) is 18.7 Å². The maximum absolute atomic E-state index is 5.83. The lowest BCUT2D eigenvalue weighted by Crippen LogP contribution is -2.05. The van der Waals surface area contributed by atoms with Gasteiger partial charge in [-0.15, -0.1) is 5.10 Å². The monoisotopic (exact) mass is 286 g/mol. The summed E-state index contributed by atoms with van der Waals surface area (Å²) >= 11 is 0. The zero-order valence-corrected chi connectivity index (χ0v) is 13.2. The Morgan fingerprint density at radius 3 is 2.57 bits per heavy atom. The van der Waals surface area contributed by atoms with Crippen molar-refractivity contribution >= 4 is 0 Å². The minimum atomic E-state index is 0.430. The summed E-state index contributed by atoms with van der Waals surface area (Å²) in [6, 6.07) is 8.36. The molecule has 0 unspecified atom stereocenters. The quantitative estimate of drug-likeness (QED) is 0.753. The number of rotatable bonds is 8. The first-order chi connectivity index (χ1) is 10.3. The third-order valence-corrected chi connectivity index (χ3v) is 3.87. The van der Waals surface area contributed by atoms with Gasteiger partial charge in [-0.2, -0.15) is 0 Å². The lowest BCUT2D eigenvalue weighted by atomic mass is 10.0. The van der Waals surface area contributed by atoms with Crippen LogP contribution in [-0.4, -0.2) is 15.0 Å². The molecule has 1 aromatic heterocycles. The van der Waals surface area contributed by atoms with Crippen LogP contribution in [0, 0.1) is 6.92 Å². The zero-order valence-electron chi connectivity index (χ0n) is 13.2. The Hall–Kier alpha value is -1.68. The Bertz CT molecular complexity index is 560. The summed E-state index contributed by atoms with van der Waals surface area (Å²) in [5, 5.41) is 8.56. The van der Waals surface area contributed by atoms with Crippen LogP contribution in [0.5, 0.6) is 0 Å². The maximum Gasteiger partial charge on any atom is 0.104 e. The standard InChI is InChI=1S/C17H26N4/c1-3-4-5-6-9-12-21-17(16(13-18)19-20-21)15-11-8-7-10-14(15)2/h7-8,10-11H,3-6,9,12-13,18H2,1-2H3. The van der Waals surface area contributed by atoms with E-state index in [9.17, 15) is 0 Å². The van der Waals surface area contributed by atoms with Crippen molar-refractivity contribution in [3.8, 4) is 11.3 Å². The molecule has 4 nitrogen and oxygen atoms in total. The average molecular weight is 286 g/mol. The Balaban J connectivity index is 2.16. The highest BCUT2D eigenvalue weighted by atomic mass is 15.4. The first-order valence-electron chi connectivity index (χ1n) is 7.96. The van der Waals surface area contributed by atoms with Gasteiger partial charge < -0.3 is 5.73 Å². The van der Waals surface area contributed by atoms with Crippen LogP contribution in [0.3, 0.4) is 0 Å². The highest BCUT2D eigenvalue weighted by molar-refractivity contribution is 5.65. The molecule has 0 atom stereocenters. The van der Waals surface area contributed by atoms with E-state index >= 15 is 0 Å². The molecule has 21 heavy (non-hydrogen) atoms. The third kappa shape index (κ3) is 3.91. The molecule has 0 saturated heterocycles. The van der Waals surface area contributed by atoms with Crippen LogP contribution in [0.2, 0.25) is 0 Å². The molecule has 0 amide bonds. The van der Waals surface area contributed by atoms with E-state index < -0.39 is 0 Å². The Morgan fingerprint density at radius 2 is 1.86 bits per heavy atom. The lowest BCUT2D eigenvalue weighted by molar-refractivity contribution is 0.524. The second-order valence-electron chi connectivity index (χ2n) is 5.54. The van der Waals surface area contributed by atoms with Gasteiger partial charge in [-0.25, -0.2) is 4.68 Å². The largest absolute Gasteiger partial charge is 0.325 e. The first-order valence-corrected chi connectivity index (χ1v) is 7.96. The van der Waals surface area contributed by atoms with Crippen LogP contribution in [0.4, 0.5) is 0 Å². The summed E-state index contributed by atoms with van der Waals surface area (Å²) < 4.78 is 2.02. The highest BCUT2D eigenvalue weighted by Crippen LogP contribution is 2.25. The minimum absolute atomic E-state index is 0.430. The van der Waals surface area contributed by atoms with Crippen molar-refractivity contribution in [1.82, 2.24) is 15.0 Å². The van der Waals surface area contributed by atoms with Gasteiger partial charge in [0.25, 0.3) is 0 Å². The van der Waals surface area contributed by atoms with E-state index in [1.807, 2.05) is 4.68 Å². The molecule has 0 saturated carbocycles. The van der Waals surface area contributed by atoms with Gasteiger partial charge in [0.1, 0.15) is 5.69 Å². The molecule has 4 heteroatoms. The van der Waals surface area contributed by atoms with Crippen molar-refractivity contribution in [2.24, 2.45) is 5.73 Å². The van der Waals surface area contributed by atoms with Crippen molar-refractivity contribution in [1.29, 1.82) is 0 Å². The Labute approximate surface area is 127 Å². The minimum Gasteiger partial charge on any atom is -0.325 e. The van der Waals surface area contributed by atoms with Crippen molar-refractivity contribution in [2.75, 3.05) is 0 Å². The van der Waals surface area contributed by atoms with Gasteiger partial charge in [0.05, 0.1) is 5.69 Å². The van der Waals surface area contributed by atoms with Crippen LogP contribution < -0.4 is 5.73 Å². The van der Waals surface area contributed by atoms with E-state index in [2.05, 4.69) is 48.4 Å². The van der Waals surface area contributed by atoms with Crippen LogP contribution in [0.25, 0.3) is 11.3 Å². The number of benzene rings is 1. The summed E-state index contributed by atoms with van der Waals surface area (Å²) in [5.74, 6) is 0. The van der Waals surface area contributed by atoms with Crippen molar-refractivity contribution in [3.63, 3.8) is 0 Å². The van der Waals surface area contributed by atoms with Gasteiger partial charge >= 0.3 is 0 Å². The van der Waals surface area contributed by atoms with Crippen LogP contribution in [0.1, 0.15) is 50.3 Å². The molecule has 1 aromatic carbocycles. The van der Waals surface area contributed by atoms with Crippen molar-refractivity contribution < 1.29 is 0 Å². The van der Waals surface area contributed by atoms with Gasteiger partial charge in [0.15, 0.2) is 0 Å². The third-order valence-electron chi connectivity index (χ3n) is 3.87. The number of hydrogen-bond acceptors (Lipinski definition) is 3. The second-order valence-corrected chi connectivity index (χ2v) is 5.54. The fraction of sp³-hybridized carbons (Fsp3) is 0.529. The molecule has 0 fully saturated rings. The summed E-state index contributed by atoms with van der Waals surface area (Å²) in [7, 11) is 0. The summed E-state index contributed by atoms with van der Waals surface area (Å²) in [6.45, 7) is 5.70. The lowest BCUT2D eigenvalue weighted by Gasteiger charge is -2.10. The molecule has 0 bridgehead atoms. The fourth-order valence-electron chi connectivity index (χ4n) is 2.64. The summed E-state index contributed by atoms with van der Waals surface area (Å²) in [5.41, 5.74) is 10.2. The van der Waals surface area contributed by atoms with Gasteiger partial charge in [0.2, 0.25) is 0 Å². The van der Waals surface area contributed by atoms with Crippen molar-refractivity contribution in [3.05, 3.63) is 35.5 Å². The SMILES string of the molecule is CCCCCCCn1nnc(CN)c1-c1ccccc1C. The summed E-state index contributed by atoms with van der Waals surface area (Å²) in [4.78, 5) is 0. The van der Waals surface area contributed by atoms with Crippen LogP contribution >= 0.6 is 0 Å². The molecule has 114 valence electrons. The fourth-order valence-corrected chi connectivity index (χ4v) is 2.64. The molecule has 2 N–H and O–H groups in total. The smallest absolute Gasteiger partial charge is 0.104 e. The van der Waals surface area contributed by atoms with E-state index in [1.165, 1.54) is 36.8 Å². The molecule has 2 rings (SSSR count). The van der Waals surface area contributed by atoms with E-state index in [1.54, 1.807) is 0 Å². The van der Waals surface area contributed by atoms with Crippen molar-refractivity contribution in [2.45, 2.75) is 59.0 Å². The number of nitrogens with two attached hydrogens (primary N) is 1. The maximum atomic E-state index is 5.83. The van der Waals surface area contributed by atoms with E-state index in [0.717, 1.165) is 24.4 Å². The summed E-state index contributed by atoms with van der Waals surface area (Å²) in [6.07, 6.45) is 6.28. The molecular weight excluding hydrogens is 260 g/mol. The zero-order chi connectivity index (χ0) is 15.1. The predicted molar refractivity (Wildman–Crippen MR) is 86.8 cm³/mol. The van der Waals surface area contributed by atoms with Crippen LogP contribution in [0.15, 0.2) is 24.3 Å². The second kappa shape index (κ2) is 7.93. The molecule has 0 aliphatic rings. The predicted octanol–water partition coefficient (Wildman–Crippen LogP) is 3.68. The molecule has 1 heterocycles. The van der Waals surface area contributed by atoms with E-state index in [-0.39, 0.29) is 0 Å². The number of unbranched alkanes of at least 4 members (excludes halogenated alkanes) is 4. The molecule has 0 radical (unpaired) electrons. The number of aromatic nitrogens is 3. The highest BCUT2D eigenvalue weighted by Gasteiger charge is 2.15. The molecule has 0 aliphatic heterocycles. The Kier molecular flexibility index (Phi) is 5.93. The average Bonchev–Trinajstić information content (AvgIpc) is 2.90. The van der Waals surface area contributed by atoms with E-state index in [4.69, 9.17) is 5.73 Å². The first kappa shape index (κ1) is 15.7. The topological polar surface area (TPSA) is 56.7 Å². The van der Waals surface area contributed by atoms with E-state index in [0.29, 0.717) is 6.54 Å². The van der Waals surface area contributed by atoms with Crippen LogP contribution in [-0.2, 0) is 13.1 Å². The molecule has 0 aliphatic carbocycles. The molecule has 2 aromatic rings. The van der Waals surface area contributed by atoms with Gasteiger partial charge in [-0.1, -0.05) is 62.1 Å². The molecule has 0 spiro atoms. The van der Waals surface area contributed by atoms with Gasteiger partial charge in [-0.3, -0.25) is 0 Å². The molecular formula is C17H26N4. The van der Waals surface area contributed by atoms with Gasteiger partial charge in [-0.05, 0) is 18.9 Å². The normalized spacial score (nSPS) is 11.0.